The molecule has 1 unspecified atom stereocenters. The Bertz CT molecular complexity index is 700. The first-order chi connectivity index (χ1) is 12.2. The lowest BCUT2D eigenvalue weighted by Crippen LogP contribution is -2.52. The van der Waals surface area contributed by atoms with Crippen LogP contribution < -0.4 is 5.32 Å². The monoisotopic (exact) mass is 339 g/mol. The minimum Gasteiger partial charge on any atom is -0.378 e. The molecule has 1 aromatic heterocycles. The van der Waals surface area contributed by atoms with E-state index >= 15 is 0 Å². The number of nitrogens with one attached hydrogen (secondary N) is 1. The maximum absolute atomic E-state index is 12.9. The minimum atomic E-state index is -0.617. The Kier molecular flexibility index (Phi) is 5.74. The molecule has 1 atom stereocenters. The molecule has 130 valence electrons. The first-order valence-corrected chi connectivity index (χ1v) is 8.35. The van der Waals surface area contributed by atoms with E-state index in [1.807, 2.05) is 30.3 Å². The zero-order valence-electron chi connectivity index (χ0n) is 13.9. The maximum atomic E-state index is 12.9. The quantitative estimate of drug-likeness (QED) is 0.891. The van der Waals surface area contributed by atoms with Crippen molar-refractivity contribution in [3.8, 4) is 0 Å². The summed E-state index contributed by atoms with van der Waals surface area (Å²) in [6, 6.07) is 12.4. The molecular weight excluding hydrogens is 318 g/mol. The summed E-state index contributed by atoms with van der Waals surface area (Å²) in [5, 5.41) is 2.87. The number of hydrogen-bond donors (Lipinski definition) is 1. The van der Waals surface area contributed by atoms with Gasteiger partial charge in [-0.2, -0.15) is 0 Å². The number of rotatable bonds is 5. The molecular formula is C19H21N3O3. The topological polar surface area (TPSA) is 71.5 Å². The average Bonchev–Trinajstić information content (AvgIpc) is 2.69. The van der Waals surface area contributed by atoms with E-state index in [-0.39, 0.29) is 11.8 Å². The number of nitrogens with zero attached hydrogens (tertiary/aromatic N) is 2. The molecule has 0 aliphatic carbocycles. The van der Waals surface area contributed by atoms with E-state index in [9.17, 15) is 9.59 Å². The van der Waals surface area contributed by atoms with Crippen molar-refractivity contribution < 1.29 is 14.3 Å². The molecule has 1 aromatic carbocycles. The van der Waals surface area contributed by atoms with Gasteiger partial charge in [0.05, 0.1) is 18.8 Å². The van der Waals surface area contributed by atoms with Crippen molar-refractivity contribution in [1.29, 1.82) is 0 Å². The van der Waals surface area contributed by atoms with Gasteiger partial charge in [0.1, 0.15) is 6.04 Å². The van der Waals surface area contributed by atoms with E-state index in [4.69, 9.17) is 4.74 Å². The Morgan fingerprint density at radius 3 is 2.56 bits per heavy atom. The zero-order valence-corrected chi connectivity index (χ0v) is 13.9. The van der Waals surface area contributed by atoms with Gasteiger partial charge in [-0.15, -0.1) is 0 Å². The summed E-state index contributed by atoms with van der Waals surface area (Å²) in [6.45, 7) is 2.15. The molecule has 2 aromatic rings. The van der Waals surface area contributed by atoms with E-state index < -0.39 is 6.04 Å². The van der Waals surface area contributed by atoms with Crippen LogP contribution in [0.4, 0.5) is 0 Å². The second kappa shape index (κ2) is 8.39. The lowest BCUT2D eigenvalue weighted by Gasteiger charge is -2.30. The molecule has 2 heterocycles. The van der Waals surface area contributed by atoms with Gasteiger partial charge in [0.2, 0.25) is 5.91 Å². The van der Waals surface area contributed by atoms with Crippen LogP contribution >= 0.6 is 0 Å². The van der Waals surface area contributed by atoms with Crippen LogP contribution in [0.3, 0.4) is 0 Å². The van der Waals surface area contributed by atoms with Crippen molar-refractivity contribution in [3.63, 3.8) is 0 Å². The number of aromatic nitrogens is 1. The van der Waals surface area contributed by atoms with Crippen molar-refractivity contribution in [1.82, 2.24) is 15.2 Å². The highest BCUT2D eigenvalue weighted by atomic mass is 16.5. The number of pyridine rings is 1. The number of hydrogen-bond acceptors (Lipinski definition) is 4. The molecule has 1 aliphatic rings. The molecule has 1 aliphatic heterocycles. The highest BCUT2D eigenvalue weighted by Crippen LogP contribution is 2.09. The Hall–Kier alpha value is -2.73. The summed E-state index contributed by atoms with van der Waals surface area (Å²) in [4.78, 5) is 31.1. The Labute approximate surface area is 146 Å². The highest BCUT2D eigenvalue weighted by molar-refractivity contribution is 5.97. The SMILES string of the molecule is O=C(NC(Cc1ccccc1)C(=O)N1CCOCC1)c1cccnc1. The van der Waals surface area contributed by atoms with Gasteiger partial charge in [-0.3, -0.25) is 14.6 Å². The number of morpholine rings is 1. The van der Waals surface area contributed by atoms with E-state index in [0.29, 0.717) is 38.3 Å². The van der Waals surface area contributed by atoms with Gasteiger partial charge in [-0.1, -0.05) is 30.3 Å². The van der Waals surface area contributed by atoms with Crippen molar-refractivity contribution in [2.24, 2.45) is 0 Å². The van der Waals surface area contributed by atoms with Crippen LogP contribution in [0.15, 0.2) is 54.9 Å². The fraction of sp³-hybridized carbons (Fsp3) is 0.316. The first kappa shape index (κ1) is 17.1. The normalized spacial score (nSPS) is 15.4. The molecule has 0 spiro atoms. The smallest absolute Gasteiger partial charge is 0.253 e. The maximum Gasteiger partial charge on any atom is 0.253 e. The summed E-state index contributed by atoms with van der Waals surface area (Å²) in [6.07, 6.45) is 3.55. The van der Waals surface area contributed by atoms with Crippen LogP contribution in [0.2, 0.25) is 0 Å². The number of benzene rings is 1. The number of amides is 2. The van der Waals surface area contributed by atoms with Gasteiger partial charge in [-0.25, -0.2) is 0 Å². The Morgan fingerprint density at radius 2 is 1.88 bits per heavy atom. The van der Waals surface area contributed by atoms with E-state index in [0.717, 1.165) is 5.56 Å². The predicted molar refractivity (Wildman–Crippen MR) is 93.0 cm³/mol. The minimum absolute atomic E-state index is 0.0793. The molecule has 1 N–H and O–H groups in total. The van der Waals surface area contributed by atoms with Crippen molar-refractivity contribution >= 4 is 11.8 Å². The van der Waals surface area contributed by atoms with E-state index in [2.05, 4.69) is 10.3 Å². The molecule has 2 amide bonds. The van der Waals surface area contributed by atoms with Crippen LogP contribution in [0.25, 0.3) is 0 Å². The first-order valence-electron chi connectivity index (χ1n) is 8.35. The van der Waals surface area contributed by atoms with Crippen LogP contribution in [0, 0.1) is 0 Å². The van der Waals surface area contributed by atoms with Crippen LogP contribution in [-0.2, 0) is 16.0 Å². The van der Waals surface area contributed by atoms with Gasteiger partial charge < -0.3 is 15.0 Å². The number of carbonyl (C=O) groups excluding carboxylic acids is 2. The molecule has 0 radical (unpaired) electrons. The summed E-state index contributed by atoms with van der Waals surface area (Å²) >= 11 is 0. The van der Waals surface area contributed by atoms with Crippen molar-refractivity contribution in [2.75, 3.05) is 26.3 Å². The molecule has 3 rings (SSSR count). The second-order valence-corrected chi connectivity index (χ2v) is 5.90. The summed E-state index contributed by atoms with van der Waals surface area (Å²) in [5.74, 6) is -0.375. The Balaban J connectivity index is 1.75. The molecule has 25 heavy (non-hydrogen) atoms. The third-order valence-electron chi connectivity index (χ3n) is 4.13. The molecule has 6 heteroatoms. The predicted octanol–water partition coefficient (Wildman–Crippen LogP) is 1.28. The number of carbonyl (C=O) groups is 2. The highest BCUT2D eigenvalue weighted by Gasteiger charge is 2.27. The summed E-state index contributed by atoms with van der Waals surface area (Å²) in [7, 11) is 0. The van der Waals surface area contributed by atoms with Gasteiger partial charge in [0.15, 0.2) is 0 Å². The van der Waals surface area contributed by atoms with Gasteiger partial charge in [0.25, 0.3) is 5.91 Å². The standard InChI is InChI=1S/C19H21N3O3/c23-18(16-7-4-8-20-14-16)21-17(13-15-5-2-1-3-6-15)19(24)22-9-11-25-12-10-22/h1-8,14,17H,9-13H2,(H,21,23). The largest absolute Gasteiger partial charge is 0.378 e. The van der Waals surface area contributed by atoms with Crippen LogP contribution in [0.1, 0.15) is 15.9 Å². The lowest BCUT2D eigenvalue weighted by molar-refractivity contribution is -0.137. The third kappa shape index (κ3) is 4.64. The second-order valence-electron chi connectivity index (χ2n) is 5.90. The summed E-state index contributed by atoms with van der Waals surface area (Å²) in [5.41, 5.74) is 1.44. The molecule has 1 fully saturated rings. The van der Waals surface area contributed by atoms with Crippen LogP contribution in [0.5, 0.6) is 0 Å². The third-order valence-corrected chi connectivity index (χ3v) is 4.13. The molecule has 6 nitrogen and oxygen atoms in total. The summed E-state index contributed by atoms with van der Waals surface area (Å²) < 4.78 is 5.31. The fourth-order valence-electron chi connectivity index (χ4n) is 2.79. The fourth-order valence-corrected chi connectivity index (χ4v) is 2.79. The molecule has 0 saturated carbocycles. The molecule has 1 saturated heterocycles. The van der Waals surface area contributed by atoms with Crippen molar-refractivity contribution in [3.05, 3.63) is 66.0 Å². The average molecular weight is 339 g/mol. The van der Waals surface area contributed by atoms with Crippen molar-refractivity contribution in [2.45, 2.75) is 12.5 Å². The van der Waals surface area contributed by atoms with E-state index in [1.165, 1.54) is 6.20 Å². The molecule has 0 bridgehead atoms. The van der Waals surface area contributed by atoms with Gasteiger partial charge >= 0.3 is 0 Å². The van der Waals surface area contributed by atoms with Gasteiger partial charge in [-0.05, 0) is 17.7 Å². The van der Waals surface area contributed by atoms with Crippen LogP contribution in [-0.4, -0.2) is 54.0 Å². The van der Waals surface area contributed by atoms with E-state index in [1.54, 1.807) is 23.2 Å². The Morgan fingerprint density at radius 1 is 1.12 bits per heavy atom. The zero-order chi connectivity index (χ0) is 17.5. The lowest BCUT2D eigenvalue weighted by atomic mass is 10.0. The number of ether oxygens (including phenoxy) is 1. The van der Waals surface area contributed by atoms with Gasteiger partial charge in [0, 0.05) is 31.9 Å².